The summed E-state index contributed by atoms with van der Waals surface area (Å²) in [7, 11) is 0. The van der Waals surface area contributed by atoms with Gasteiger partial charge in [0.25, 0.3) is 0 Å². The van der Waals surface area contributed by atoms with Gasteiger partial charge in [0.1, 0.15) is 0 Å². The molecule has 3 aliphatic rings. The van der Waals surface area contributed by atoms with E-state index in [2.05, 4.69) is 12.2 Å². The van der Waals surface area contributed by atoms with E-state index in [1.807, 2.05) is 0 Å². The molecular formula is C16H29NO. The van der Waals surface area contributed by atoms with E-state index in [0.29, 0.717) is 0 Å². The summed E-state index contributed by atoms with van der Waals surface area (Å²) in [4.78, 5) is 0. The highest BCUT2D eigenvalue weighted by Gasteiger charge is 2.39. The molecule has 3 unspecified atom stereocenters. The zero-order valence-electron chi connectivity index (χ0n) is 11.9. The van der Waals surface area contributed by atoms with Crippen LogP contribution in [-0.4, -0.2) is 24.3 Å². The number of rotatable bonds is 2. The average Bonchev–Trinajstić information content (AvgIpc) is 2.76. The zero-order valence-corrected chi connectivity index (χ0v) is 11.9. The summed E-state index contributed by atoms with van der Waals surface area (Å²) in [6.07, 6.45) is 13.5. The van der Waals surface area contributed by atoms with Crippen LogP contribution in [0.3, 0.4) is 0 Å². The van der Waals surface area contributed by atoms with Crippen molar-refractivity contribution in [2.24, 2.45) is 5.92 Å². The van der Waals surface area contributed by atoms with Gasteiger partial charge in [0, 0.05) is 18.7 Å². The van der Waals surface area contributed by atoms with Gasteiger partial charge in [-0.15, -0.1) is 0 Å². The Balaban J connectivity index is 1.53. The number of nitrogens with one attached hydrogen (secondary N) is 1. The first kappa shape index (κ1) is 12.9. The minimum atomic E-state index is 0.262. The summed E-state index contributed by atoms with van der Waals surface area (Å²) < 4.78 is 6.18. The highest BCUT2D eigenvalue weighted by atomic mass is 16.5. The van der Waals surface area contributed by atoms with E-state index >= 15 is 0 Å². The maximum atomic E-state index is 6.18. The Hall–Kier alpha value is -0.0800. The van der Waals surface area contributed by atoms with E-state index < -0.39 is 0 Å². The van der Waals surface area contributed by atoms with Gasteiger partial charge in [-0.2, -0.15) is 0 Å². The van der Waals surface area contributed by atoms with Crippen molar-refractivity contribution in [3.8, 4) is 0 Å². The number of hydrogen-bond acceptors (Lipinski definition) is 2. The smallest absolute Gasteiger partial charge is 0.0697 e. The van der Waals surface area contributed by atoms with E-state index in [1.165, 1.54) is 64.2 Å². The monoisotopic (exact) mass is 251 g/mol. The molecule has 1 aliphatic heterocycles. The zero-order chi connectivity index (χ0) is 12.4. The van der Waals surface area contributed by atoms with E-state index in [-0.39, 0.29) is 5.60 Å². The molecule has 1 spiro atoms. The van der Waals surface area contributed by atoms with Crippen molar-refractivity contribution >= 4 is 0 Å². The van der Waals surface area contributed by atoms with Gasteiger partial charge in [-0.1, -0.05) is 26.2 Å². The second kappa shape index (κ2) is 5.50. The van der Waals surface area contributed by atoms with Crippen molar-refractivity contribution in [2.75, 3.05) is 6.61 Å². The Labute approximate surface area is 112 Å². The Morgan fingerprint density at radius 1 is 1.00 bits per heavy atom. The van der Waals surface area contributed by atoms with Crippen LogP contribution in [-0.2, 0) is 4.74 Å². The van der Waals surface area contributed by atoms with Gasteiger partial charge in [0.15, 0.2) is 0 Å². The van der Waals surface area contributed by atoms with Gasteiger partial charge in [-0.05, 0) is 50.9 Å². The van der Waals surface area contributed by atoms with Crippen LogP contribution in [0.15, 0.2) is 0 Å². The fraction of sp³-hybridized carbons (Fsp3) is 1.00. The largest absolute Gasteiger partial charge is 0.375 e. The Morgan fingerprint density at radius 2 is 1.83 bits per heavy atom. The third kappa shape index (κ3) is 2.91. The van der Waals surface area contributed by atoms with Gasteiger partial charge >= 0.3 is 0 Å². The molecule has 3 atom stereocenters. The quantitative estimate of drug-likeness (QED) is 0.809. The van der Waals surface area contributed by atoms with Gasteiger partial charge in [-0.25, -0.2) is 0 Å². The summed E-state index contributed by atoms with van der Waals surface area (Å²) >= 11 is 0. The van der Waals surface area contributed by atoms with Gasteiger partial charge in [-0.3, -0.25) is 0 Å². The van der Waals surface area contributed by atoms with Crippen LogP contribution < -0.4 is 5.32 Å². The molecule has 0 bridgehead atoms. The van der Waals surface area contributed by atoms with Crippen LogP contribution in [0, 0.1) is 5.92 Å². The molecule has 0 amide bonds. The van der Waals surface area contributed by atoms with Crippen LogP contribution in [0.4, 0.5) is 0 Å². The minimum Gasteiger partial charge on any atom is -0.375 e. The molecule has 0 aromatic rings. The molecule has 104 valence electrons. The first-order valence-electron chi connectivity index (χ1n) is 8.16. The summed E-state index contributed by atoms with van der Waals surface area (Å²) in [5.41, 5.74) is 0.262. The summed E-state index contributed by atoms with van der Waals surface area (Å²) in [5, 5.41) is 3.94. The third-order valence-electron chi connectivity index (χ3n) is 5.42. The highest BCUT2D eigenvalue weighted by molar-refractivity contribution is 4.93. The standard InChI is InChI=1S/C16H29NO/c1-13-5-6-14(11-13)17-15-7-10-18-16(12-15)8-3-2-4-9-16/h13-15,17H,2-12H2,1H3. The normalized spacial score (nSPS) is 40.2. The van der Waals surface area contributed by atoms with Gasteiger partial charge in [0.2, 0.25) is 0 Å². The maximum absolute atomic E-state index is 6.18. The van der Waals surface area contributed by atoms with E-state index in [0.717, 1.165) is 24.6 Å². The molecule has 1 saturated heterocycles. The minimum absolute atomic E-state index is 0.262. The molecule has 3 rings (SSSR count). The second-order valence-electron chi connectivity index (χ2n) is 7.06. The fourth-order valence-corrected chi connectivity index (χ4v) is 4.41. The molecule has 2 aliphatic carbocycles. The Kier molecular flexibility index (Phi) is 3.95. The topological polar surface area (TPSA) is 21.3 Å². The van der Waals surface area contributed by atoms with Crippen LogP contribution >= 0.6 is 0 Å². The molecule has 1 heterocycles. The lowest BCUT2D eigenvalue weighted by Crippen LogP contribution is -2.50. The van der Waals surface area contributed by atoms with Crippen molar-refractivity contribution in [1.29, 1.82) is 0 Å². The summed E-state index contributed by atoms with van der Waals surface area (Å²) in [6, 6.07) is 1.52. The predicted octanol–water partition coefficient (Wildman–Crippen LogP) is 3.65. The fourth-order valence-electron chi connectivity index (χ4n) is 4.41. The van der Waals surface area contributed by atoms with Crippen molar-refractivity contribution in [1.82, 2.24) is 5.32 Å². The molecule has 2 saturated carbocycles. The first-order valence-corrected chi connectivity index (χ1v) is 8.16. The molecule has 3 fully saturated rings. The van der Waals surface area contributed by atoms with Crippen molar-refractivity contribution < 1.29 is 4.74 Å². The Bertz CT molecular complexity index is 267. The predicted molar refractivity (Wildman–Crippen MR) is 74.7 cm³/mol. The van der Waals surface area contributed by atoms with Crippen LogP contribution in [0.5, 0.6) is 0 Å². The van der Waals surface area contributed by atoms with Gasteiger partial charge in [0.05, 0.1) is 5.60 Å². The van der Waals surface area contributed by atoms with Gasteiger partial charge < -0.3 is 10.1 Å². The molecule has 0 aromatic heterocycles. The summed E-state index contributed by atoms with van der Waals surface area (Å²) in [6.45, 7) is 3.38. The van der Waals surface area contributed by atoms with Crippen molar-refractivity contribution in [2.45, 2.75) is 88.8 Å². The molecular weight excluding hydrogens is 222 g/mol. The molecule has 18 heavy (non-hydrogen) atoms. The number of ether oxygens (including phenoxy) is 1. The molecule has 0 aromatic carbocycles. The lowest BCUT2D eigenvalue weighted by atomic mass is 9.78. The summed E-state index contributed by atoms with van der Waals surface area (Å²) in [5.74, 6) is 0.936. The van der Waals surface area contributed by atoms with E-state index in [9.17, 15) is 0 Å². The SMILES string of the molecule is CC1CCC(NC2CCOC3(CCCCC3)C2)C1. The molecule has 2 nitrogen and oxygen atoms in total. The van der Waals surface area contributed by atoms with Crippen LogP contribution in [0.25, 0.3) is 0 Å². The Morgan fingerprint density at radius 3 is 2.56 bits per heavy atom. The number of hydrogen-bond donors (Lipinski definition) is 1. The first-order chi connectivity index (χ1) is 8.76. The lowest BCUT2D eigenvalue weighted by molar-refractivity contribution is -0.110. The average molecular weight is 251 g/mol. The highest BCUT2D eigenvalue weighted by Crippen LogP contribution is 2.39. The maximum Gasteiger partial charge on any atom is 0.0697 e. The second-order valence-corrected chi connectivity index (χ2v) is 7.06. The van der Waals surface area contributed by atoms with Crippen LogP contribution in [0.2, 0.25) is 0 Å². The van der Waals surface area contributed by atoms with E-state index in [1.54, 1.807) is 0 Å². The molecule has 0 radical (unpaired) electrons. The third-order valence-corrected chi connectivity index (χ3v) is 5.42. The van der Waals surface area contributed by atoms with Crippen molar-refractivity contribution in [3.63, 3.8) is 0 Å². The molecule has 2 heteroatoms. The van der Waals surface area contributed by atoms with E-state index in [4.69, 9.17) is 4.74 Å². The molecule has 1 N–H and O–H groups in total. The lowest BCUT2D eigenvalue weighted by Gasteiger charge is -2.44. The van der Waals surface area contributed by atoms with Crippen LogP contribution in [0.1, 0.15) is 71.1 Å². The van der Waals surface area contributed by atoms with Crippen molar-refractivity contribution in [3.05, 3.63) is 0 Å².